The molecule has 0 bridgehead atoms. The summed E-state index contributed by atoms with van der Waals surface area (Å²) < 4.78 is 0. The van der Waals surface area contributed by atoms with Crippen molar-refractivity contribution in [3.05, 3.63) is 35.4 Å². The first-order valence-corrected chi connectivity index (χ1v) is 5.34. The molecule has 0 spiro atoms. The Morgan fingerprint density at radius 1 is 1.27 bits per heavy atom. The molecular formula is C13H18N2. The minimum absolute atomic E-state index is 0.615. The zero-order valence-electron chi connectivity index (χ0n) is 9.53. The van der Waals surface area contributed by atoms with E-state index in [9.17, 15) is 0 Å². The first kappa shape index (κ1) is 11.7. The van der Waals surface area contributed by atoms with Gasteiger partial charge in [-0.05, 0) is 31.5 Å². The molecule has 2 heteroatoms. The molecule has 1 aromatic rings. The van der Waals surface area contributed by atoms with Crippen LogP contribution in [-0.2, 0) is 6.42 Å². The van der Waals surface area contributed by atoms with E-state index in [1.165, 1.54) is 11.1 Å². The third-order valence-corrected chi connectivity index (χ3v) is 2.63. The first-order chi connectivity index (χ1) is 7.24. The standard InChI is InChI=1S/C13H18N2/c1-12-6-3-4-7-13(12)8-11-15(2)10-5-9-14/h3-4,6-7H,5,8,10-11H2,1-2H3. The Morgan fingerprint density at radius 2 is 2.00 bits per heavy atom. The highest BCUT2D eigenvalue weighted by atomic mass is 15.1. The molecule has 0 saturated carbocycles. The fourth-order valence-corrected chi connectivity index (χ4v) is 1.55. The Bertz CT molecular complexity index is 339. The minimum Gasteiger partial charge on any atom is -0.305 e. The average Bonchev–Trinajstić information content (AvgIpc) is 2.25. The fraction of sp³-hybridized carbons (Fsp3) is 0.462. The second kappa shape index (κ2) is 6.21. The lowest BCUT2D eigenvalue weighted by atomic mass is 10.1. The van der Waals surface area contributed by atoms with E-state index in [1.807, 2.05) is 0 Å². The van der Waals surface area contributed by atoms with Gasteiger partial charge in [-0.15, -0.1) is 0 Å². The van der Waals surface area contributed by atoms with Gasteiger partial charge in [-0.25, -0.2) is 0 Å². The predicted octanol–water partition coefficient (Wildman–Crippen LogP) is 2.38. The summed E-state index contributed by atoms with van der Waals surface area (Å²) in [6.45, 7) is 4.03. The third-order valence-electron chi connectivity index (χ3n) is 2.63. The number of hydrogen-bond acceptors (Lipinski definition) is 2. The molecule has 0 saturated heterocycles. The molecule has 0 aliphatic carbocycles. The maximum Gasteiger partial charge on any atom is 0.0635 e. The molecule has 0 aliphatic rings. The summed E-state index contributed by atoms with van der Waals surface area (Å²) in [5.41, 5.74) is 2.76. The summed E-state index contributed by atoms with van der Waals surface area (Å²) in [4.78, 5) is 2.20. The molecule has 1 rings (SSSR count). The zero-order chi connectivity index (χ0) is 11.1. The van der Waals surface area contributed by atoms with Crippen LogP contribution in [-0.4, -0.2) is 25.0 Å². The number of hydrogen-bond donors (Lipinski definition) is 0. The van der Waals surface area contributed by atoms with E-state index in [0.29, 0.717) is 6.42 Å². The molecule has 0 aromatic heterocycles. The van der Waals surface area contributed by atoms with E-state index in [1.54, 1.807) is 0 Å². The molecule has 0 fully saturated rings. The number of likely N-dealkylation sites (N-methyl/N-ethyl adjacent to an activating group) is 1. The lowest BCUT2D eigenvalue weighted by Gasteiger charge is -2.15. The summed E-state index contributed by atoms with van der Waals surface area (Å²) in [5.74, 6) is 0. The predicted molar refractivity (Wildman–Crippen MR) is 62.6 cm³/mol. The van der Waals surface area contributed by atoms with Crippen molar-refractivity contribution in [2.75, 3.05) is 20.1 Å². The quantitative estimate of drug-likeness (QED) is 0.733. The van der Waals surface area contributed by atoms with Gasteiger partial charge in [0.2, 0.25) is 0 Å². The normalized spacial score (nSPS) is 10.3. The molecule has 0 N–H and O–H groups in total. The van der Waals surface area contributed by atoms with Crippen LogP contribution in [0.5, 0.6) is 0 Å². The Balaban J connectivity index is 2.37. The largest absolute Gasteiger partial charge is 0.305 e. The van der Waals surface area contributed by atoms with Gasteiger partial charge < -0.3 is 4.90 Å². The second-order valence-corrected chi connectivity index (χ2v) is 3.89. The van der Waals surface area contributed by atoms with Crippen LogP contribution in [0.3, 0.4) is 0 Å². The fourth-order valence-electron chi connectivity index (χ4n) is 1.55. The SMILES string of the molecule is Cc1ccccc1CCN(C)CCC#N. The first-order valence-electron chi connectivity index (χ1n) is 5.34. The Labute approximate surface area is 92.1 Å². The molecule has 0 aliphatic heterocycles. The summed E-state index contributed by atoms with van der Waals surface area (Å²) >= 11 is 0. The summed E-state index contributed by atoms with van der Waals surface area (Å²) in [6, 6.07) is 10.6. The van der Waals surface area contributed by atoms with Crippen molar-refractivity contribution >= 4 is 0 Å². The summed E-state index contributed by atoms with van der Waals surface area (Å²) in [5, 5.41) is 8.47. The molecule has 80 valence electrons. The Morgan fingerprint density at radius 3 is 2.67 bits per heavy atom. The highest BCUT2D eigenvalue weighted by molar-refractivity contribution is 5.25. The van der Waals surface area contributed by atoms with Crippen molar-refractivity contribution in [3.63, 3.8) is 0 Å². The Hall–Kier alpha value is -1.33. The smallest absolute Gasteiger partial charge is 0.0635 e. The van der Waals surface area contributed by atoms with Gasteiger partial charge in [0.15, 0.2) is 0 Å². The van der Waals surface area contributed by atoms with Gasteiger partial charge in [0.25, 0.3) is 0 Å². The molecule has 1 aromatic carbocycles. The van der Waals surface area contributed by atoms with Gasteiger partial charge in [-0.2, -0.15) is 5.26 Å². The van der Waals surface area contributed by atoms with Crippen molar-refractivity contribution in [2.45, 2.75) is 19.8 Å². The van der Waals surface area contributed by atoms with E-state index in [-0.39, 0.29) is 0 Å². The van der Waals surface area contributed by atoms with Crippen molar-refractivity contribution in [1.29, 1.82) is 5.26 Å². The second-order valence-electron chi connectivity index (χ2n) is 3.89. The summed E-state index contributed by atoms with van der Waals surface area (Å²) in [6.07, 6.45) is 1.68. The monoisotopic (exact) mass is 202 g/mol. The molecule has 0 amide bonds. The number of aryl methyl sites for hydroxylation is 1. The minimum atomic E-state index is 0.615. The molecule has 0 atom stereocenters. The van der Waals surface area contributed by atoms with Crippen LogP contribution in [0.1, 0.15) is 17.5 Å². The van der Waals surface area contributed by atoms with Gasteiger partial charge in [0.05, 0.1) is 6.07 Å². The van der Waals surface area contributed by atoms with Crippen molar-refractivity contribution in [3.8, 4) is 6.07 Å². The molecular weight excluding hydrogens is 184 g/mol. The van der Waals surface area contributed by atoms with E-state index >= 15 is 0 Å². The van der Waals surface area contributed by atoms with Crippen LogP contribution < -0.4 is 0 Å². The van der Waals surface area contributed by atoms with Gasteiger partial charge in [-0.3, -0.25) is 0 Å². The summed E-state index contributed by atoms with van der Waals surface area (Å²) in [7, 11) is 2.07. The van der Waals surface area contributed by atoms with Gasteiger partial charge in [-0.1, -0.05) is 24.3 Å². The molecule has 15 heavy (non-hydrogen) atoms. The van der Waals surface area contributed by atoms with Crippen LogP contribution in [0.15, 0.2) is 24.3 Å². The number of nitriles is 1. The van der Waals surface area contributed by atoms with Crippen LogP contribution >= 0.6 is 0 Å². The topological polar surface area (TPSA) is 27.0 Å². The maximum atomic E-state index is 8.47. The Kier molecular flexibility index (Phi) is 4.86. The molecule has 2 nitrogen and oxygen atoms in total. The van der Waals surface area contributed by atoms with Gasteiger partial charge >= 0.3 is 0 Å². The highest BCUT2D eigenvalue weighted by Gasteiger charge is 2.00. The van der Waals surface area contributed by atoms with E-state index in [2.05, 4.69) is 49.2 Å². The third kappa shape index (κ3) is 4.14. The van der Waals surface area contributed by atoms with Crippen LogP contribution in [0.4, 0.5) is 0 Å². The average molecular weight is 202 g/mol. The lowest BCUT2D eigenvalue weighted by molar-refractivity contribution is 0.346. The van der Waals surface area contributed by atoms with Crippen molar-refractivity contribution < 1.29 is 0 Å². The van der Waals surface area contributed by atoms with Crippen LogP contribution in [0, 0.1) is 18.3 Å². The van der Waals surface area contributed by atoms with Crippen LogP contribution in [0.25, 0.3) is 0 Å². The van der Waals surface area contributed by atoms with Crippen LogP contribution in [0.2, 0.25) is 0 Å². The molecule has 0 radical (unpaired) electrons. The van der Waals surface area contributed by atoms with E-state index in [0.717, 1.165) is 19.5 Å². The van der Waals surface area contributed by atoms with Crippen molar-refractivity contribution in [1.82, 2.24) is 4.90 Å². The number of nitrogens with zero attached hydrogens (tertiary/aromatic N) is 2. The highest BCUT2D eigenvalue weighted by Crippen LogP contribution is 2.07. The van der Waals surface area contributed by atoms with Gasteiger partial charge in [0.1, 0.15) is 0 Å². The lowest BCUT2D eigenvalue weighted by Crippen LogP contribution is -2.22. The number of benzene rings is 1. The van der Waals surface area contributed by atoms with Crippen molar-refractivity contribution in [2.24, 2.45) is 0 Å². The molecule has 0 unspecified atom stereocenters. The van der Waals surface area contributed by atoms with Gasteiger partial charge in [0, 0.05) is 19.5 Å². The zero-order valence-corrected chi connectivity index (χ0v) is 9.53. The molecule has 0 heterocycles. The number of rotatable bonds is 5. The maximum absolute atomic E-state index is 8.47. The van der Waals surface area contributed by atoms with E-state index < -0.39 is 0 Å². The van der Waals surface area contributed by atoms with E-state index in [4.69, 9.17) is 5.26 Å².